The molecule has 17 heavy (non-hydrogen) atoms. The summed E-state index contributed by atoms with van der Waals surface area (Å²) in [5.74, 6) is 0.754. The average Bonchev–Trinajstić information content (AvgIpc) is 2.16. The summed E-state index contributed by atoms with van der Waals surface area (Å²) in [4.78, 5) is 0. The van der Waals surface area contributed by atoms with Crippen molar-refractivity contribution in [3.63, 3.8) is 0 Å². The first-order valence-electron chi connectivity index (χ1n) is 6.95. The summed E-state index contributed by atoms with van der Waals surface area (Å²) in [6, 6.07) is 0. The zero-order valence-electron chi connectivity index (χ0n) is 12.8. The normalized spacial score (nSPS) is 16.1. The van der Waals surface area contributed by atoms with E-state index in [1.165, 1.54) is 12.8 Å². The van der Waals surface area contributed by atoms with Crippen LogP contribution in [0, 0.1) is 5.92 Å². The van der Waals surface area contributed by atoms with Crippen molar-refractivity contribution in [2.24, 2.45) is 5.92 Å². The van der Waals surface area contributed by atoms with Crippen molar-refractivity contribution >= 4 is 30.5 Å². The lowest BCUT2D eigenvalue weighted by Crippen LogP contribution is -2.48. The molecule has 0 heterocycles. The Bertz CT molecular complexity index is 217. The molecule has 0 spiro atoms. The quantitative estimate of drug-likeness (QED) is 0.406. The Balaban J connectivity index is 4.32. The van der Waals surface area contributed by atoms with Crippen LogP contribution in [-0.4, -0.2) is 28.9 Å². The van der Waals surface area contributed by atoms with Gasteiger partial charge in [0.15, 0.2) is 8.32 Å². The molecule has 0 aliphatic rings. The molecular weight excluding hydrogens is 260 g/mol. The molecular formula is C13H32OSSi2. The van der Waals surface area contributed by atoms with Gasteiger partial charge in [0.05, 0.1) is 0 Å². The van der Waals surface area contributed by atoms with E-state index in [2.05, 4.69) is 47.7 Å². The second kappa shape index (κ2) is 7.36. The molecule has 0 N–H and O–H groups in total. The van der Waals surface area contributed by atoms with E-state index in [1.54, 1.807) is 0 Å². The van der Waals surface area contributed by atoms with Crippen LogP contribution in [0.4, 0.5) is 0 Å². The first kappa shape index (κ1) is 17.7. The predicted molar refractivity (Wildman–Crippen MR) is 88.5 cm³/mol. The molecule has 0 saturated heterocycles. The Hall–Kier alpha value is 0.744. The van der Waals surface area contributed by atoms with Crippen LogP contribution >= 0.6 is 12.6 Å². The van der Waals surface area contributed by atoms with E-state index >= 15 is 0 Å². The van der Waals surface area contributed by atoms with Gasteiger partial charge in [-0.15, -0.1) is 0 Å². The van der Waals surface area contributed by atoms with Gasteiger partial charge in [-0.3, -0.25) is 0 Å². The molecule has 0 bridgehead atoms. The lowest BCUT2D eigenvalue weighted by atomic mass is 9.99. The monoisotopic (exact) mass is 292 g/mol. The lowest BCUT2D eigenvalue weighted by Gasteiger charge is -2.36. The zero-order valence-corrected chi connectivity index (χ0v) is 16.1. The minimum absolute atomic E-state index is 0.221. The van der Waals surface area contributed by atoms with Gasteiger partial charge in [0, 0.05) is 20.6 Å². The van der Waals surface area contributed by atoms with Gasteiger partial charge < -0.3 is 4.43 Å². The van der Waals surface area contributed by atoms with E-state index in [4.69, 9.17) is 17.1 Å². The van der Waals surface area contributed by atoms with Gasteiger partial charge in [-0.2, -0.15) is 12.6 Å². The summed E-state index contributed by atoms with van der Waals surface area (Å²) in [6.07, 6.45) is 2.41. The van der Waals surface area contributed by atoms with Crippen LogP contribution < -0.4 is 0 Å². The summed E-state index contributed by atoms with van der Waals surface area (Å²) in [5, 5.41) is 0.491. The largest absolute Gasteiger partial charge is 0.417 e. The number of rotatable bonds is 8. The lowest BCUT2D eigenvalue weighted by molar-refractivity contribution is 0.300. The summed E-state index contributed by atoms with van der Waals surface area (Å²) in [5.41, 5.74) is 0. The topological polar surface area (TPSA) is 9.23 Å². The summed E-state index contributed by atoms with van der Waals surface area (Å²) < 4.78 is 6.72. The Morgan fingerprint density at radius 1 is 1.29 bits per heavy atom. The summed E-state index contributed by atoms with van der Waals surface area (Å²) in [6.45, 7) is 17.3. The standard InChI is InChI=1S/C13H32OSSi2/c1-8-9-10-14-17(6,7)12(15)16-13(4,5)11(2)3/h11-12,15H,8-10,16H2,1-7H3/t12-/m0/s1. The van der Waals surface area contributed by atoms with E-state index in [0.717, 1.165) is 12.5 Å². The molecule has 0 fully saturated rings. The molecule has 0 aromatic heterocycles. The molecule has 1 atom stereocenters. The van der Waals surface area contributed by atoms with E-state index in [1.807, 2.05) is 0 Å². The number of hydrogen-bond acceptors (Lipinski definition) is 2. The van der Waals surface area contributed by atoms with Crippen molar-refractivity contribution in [3.8, 4) is 0 Å². The van der Waals surface area contributed by atoms with Crippen LogP contribution in [0.1, 0.15) is 47.5 Å². The van der Waals surface area contributed by atoms with Gasteiger partial charge in [-0.1, -0.05) is 41.0 Å². The molecule has 0 aromatic carbocycles. The molecule has 0 radical (unpaired) electrons. The highest BCUT2D eigenvalue weighted by atomic mass is 32.1. The summed E-state index contributed by atoms with van der Waals surface area (Å²) >= 11 is 4.90. The van der Waals surface area contributed by atoms with Crippen molar-refractivity contribution in [1.82, 2.24) is 0 Å². The fourth-order valence-electron chi connectivity index (χ4n) is 1.56. The van der Waals surface area contributed by atoms with Crippen LogP contribution in [0.15, 0.2) is 0 Å². The predicted octanol–water partition coefficient (Wildman–Crippen LogP) is 3.83. The minimum Gasteiger partial charge on any atom is -0.417 e. The molecule has 0 saturated carbocycles. The van der Waals surface area contributed by atoms with Gasteiger partial charge >= 0.3 is 0 Å². The highest BCUT2D eigenvalue weighted by Gasteiger charge is 2.36. The van der Waals surface area contributed by atoms with Gasteiger partial charge in [0.25, 0.3) is 0 Å². The fourth-order valence-corrected chi connectivity index (χ4v) is 9.42. The van der Waals surface area contributed by atoms with Gasteiger partial charge in [0.2, 0.25) is 0 Å². The van der Waals surface area contributed by atoms with Crippen molar-refractivity contribution in [2.75, 3.05) is 6.61 Å². The molecule has 0 aliphatic heterocycles. The average molecular weight is 293 g/mol. The minimum atomic E-state index is -1.57. The van der Waals surface area contributed by atoms with Crippen LogP contribution in [-0.2, 0) is 4.43 Å². The Kier molecular flexibility index (Phi) is 7.68. The molecule has 0 unspecified atom stereocenters. The van der Waals surface area contributed by atoms with E-state index in [-0.39, 0.29) is 9.52 Å². The molecule has 0 amide bonds. The molecule has 0 aromatic rings. The van der Waals surface area contributed by atoms with Crippen LogP contribution in [0.2, 0.25) is 18.1 Å². The third kappa shape index (κ3) is 6.46. The second-order valence-corrected chi connectivity index (χ2v) is 16.5. The molecule has 104 valence electrons. The Labute approximate surface area is 117 Å². The maximum Gasteiger partial charge on any atom is 0.195 e. The highest BCUT2D eigenvalue weighted by molar-refractivity contribution is 7.85. The zero-order chi connectivity index (χ0) is 13.7. The van der Waals surface area contributed by atoms with Gasteiger partial charge in [-0.05, 0) is 30.5 Å². The first-order chi connectivity index (χ1) is 7.63. The molecule has 4 heteroatoms. The van der Waals surface area contributed by atoms with Gasteiger partial charge in [-0.25, -0.2) is 0 Å². The van der Waals surface area contributed by atoms with Crippen LogP contribution in [0.5, 0.6) is 0 Å². The van der Waals surface area contributed by atoms with Crippen molar-refractivity contribution in [1.29, 1.82) is 0 Å². The SMILES string of the molecule is CCCCO[Si](C)(C)[C@@H](S)[SiH2]C(C)(C)C(C)C. The third-order valence-electron chi connectivity index (χ3n) is 4.06. The number of thiol groups is 1. The smallest absolute Gasteiger partial charge is 0.195 e. The molecule has 0 aliphatic carbocycles. The maximum absolute atomic E-state index is 6.15. The van der Waals surface area contributed by atoms with E-state index in [0.29, 0.717) is 9.53 Å². The first-order valence-corrected chi connectivity index (χ1v) is 12.0. The third-order valence-corrected chi connectivity index (χ3v) is 14.8. The number of unbranched alkanes of at least 4 members (excludes halogenated alkanes) is 1. The van der Waals surface area contributed by atoms with Crippen molar-refractivity contribution < 1.29 is 4.43 Å². The van der Waals surface area contributed by atoms with Crippen LogP contribution in [0.3, 0.4) is 0 Å². The second-order valence-electron chi connectivity index (χ2n) is 6.67. The molecule has 1 nitrogen and oxygen atoms in total. The maximum atomic E-state index is 6.15. The van der Waals surface area contributed by atoms with Crippen molar-refractivity contribution in [2.45, 2.75) is 70.1 Å². The van der Waals surface area contributed by atoms with Crippen LogP contribution in [0.25, 0.3) is 0 Å². The Morgan fingerprint density at radius 2 is 1.82 bits per heavy atom. The van der Waals surface area contributed by atoms with Crippen molar-refractivity contribution in [3.05, 3.63) is 0 Å². The Morgan fingerprint density at radius 3 is 2.24 bits per heavy atom. The van der Waals surface area contributed by atoms with E-state index in [9.17, 15) is 0 Å². The number of hydrogen-bond donors (Lipinski definition) is 1. The summed E-state index contributed by atoms with van der Waals surface area (Å²) in [7, 11) is -1.80. The van der Waals surface area contributed by atoms with Gasteiger partial charge in [0.1, 0.15) is 0 Å². The fraction of sp³-hybridized carbons (Fsp3) is 1.00. The van der Waals surface area contributed by atoms with E-state index < -0.39 is 8.32 Å². The molecule has 0 rings (SSSR count). The highest BCUT2D eigenvalue weighted by Crippen LogP contribution is 2.36.